The topological polar surface area (TPSA) is 66.2 Å². The second-order valence-corrected chi connectivity index (χ2v) is 3.87. The molecule has 0 heterocycles. The normalized spacial score (nSPS) is 11.8. The number of hydrogen-bond donors (Lipinski definition) is 1. The Morgan fingerprint density at radius 2 is 1.79 bits per heavy atom. The van der Waals surface area contributed by atoms with Crippen molar-refractivity contribution in [1.82, 2.24) is 0 Å². The smallest absolute Gasteiger partial charge is 0.0152 e. The predicted molar refractivity (Wildman–Crippen MR) is 58.1 cm³/mol. The highest BCUT2D eigenvalue weighted by Crippen LogP contribution is 2.05. The summed E-state index contributed by atoms with van der Waals surface area (Å²) in [5.41, 5.74) is 1.44. The number of hydrogen-bond acceptors (Lipinski definition) is 2. The molecular formula is C10H16NO2S-. The first-order valence-corrected chi connectivity index (χ1v) is 5.53. The van der Waals surface area contributed by atoms with Crippen LogP contribution in [-0.2, 0) is 17.7 Å². The highest BCUT2D eigenvalue weighted by Gasteiger charge is 1.94. The second-order valence-electron chi connectivity index (χ2n) is 3.34. The minimum Gasteiger partial charge on any atom is -0.760 e. The number of benzene rings is 1. The van der Waals surface area contributed by atoms with E-state index >= 15 is 0 Å². The summed E-state index contributed by atoms with van der Waals surface area (Å²) in [7, 11) is 0. The maximum atomic E-state index is 8.78. The molecule has 0 aromatic heterocycles. The van der Waals surface area contributed by atoms with E-state index < -0.39 is 11.3 Å². The van der Waals surface area contributed by atoms with Crippen molar-refractivity contribution >= 4 is 11.3 Å². The molecule has 4 heteroatoms. The van der Waals surface area contributed by atoms with E-state index in [1.54, 1.807) is 0 Å². The van der Waals surface area contributed by atoms with Crippen LogP contribution in [0.1, 0.15) is 19.4 Å². The first-order chi connectivity index (χ1) is 6.52. The van der Waals surface area contributed by atoms with Gasteiger partial charge in [-0.05, 0) is 17.9 Å². The molecule has 80 valence electrons. The summed E-state index contributed by atoms with van der Waals surface area (Å²) in [6.45, 7) is 4.49. The Balaban J connectivity index is 0.000000364. The molecular weight excluding hydrogens is 198 g/mol. The lowest BCUT2D eigenvalue weighted by atomic mass is 10.0. The van der Waals surface area contributed by atoms with Crippen molar-refractivity contribution in [2.24, 2.45) is 11.1 Å². The van der Waals surface area contributed by atoms with E-state index in [0.29, 0.717) is 0 Å². The molecule has 0 spiro atoms. The van der Waals surface area contributed by atoms with Crippen LogP contribution in [0, 0.1) is 5.92 Å². The zero-order valence-corrected chi connectivity index (χ0v) is 9.29. The Morgan fingerprint density at radius 1 is 1.36 bits per heavy atom. The largest absolute Gasteiger partial charge is 0.760 e. The quantitative estimate of drug-likeness (QED) is 0.760. The molecule has 0 aliphatic carbocycles. The van der Waals surface area contributed by atoms with Crippen molar-refractivity contribution in [3.63, 3.8) is 0 Å². The van der Waals surface area contributed by atoms with Crippen molar-refractivity contribution in [3.8, 4) is 0 Å². The number of rotatable bonds is 2. The molecule has 0 aliphatic rings. The molecule has 2 N–H and O–H groups in total. The Hall–Kier alpha value is -0.710. The monoisotopic (exact) mass is 214 g/mol. The van der Waals surface area contributed by atoms with Gasteiger partial charge in [0, 0.05) is 11.3 Å². The summed E-state index contributed by atoms with van der Waals surface area (Å²) >= 11 is -2.36. The number of nitrogens with two attached hydrogens (primary N) is 1. The van der Waals surface area contributed by atoms with Crippen LogP contribution in [0.25, 0.3) is 0 Å². The van der Waals surface area contributed by atoms with Crippen molar-refractivity contribution in [2.75, 3.05) is 0 Å². The third kappa shape index (κ3) is 9.38. The molecule has 0 fully saturated rings. The third-order valence-corrected chi connectivity index (χ3v) is 1.49. The van der Waals surface area contributed by atoms with Crippen molar-refractivity contribution in [3.05, 3.63) is 35.9 Å². The maximum absolute atomic E-state index is 8.78. The fourth-order valence-corrected chi connectivity index (χ4v) is 1.09. The van der Waals surface area contributed by atoms with Crippen LogP contribution >= 0.6 is 0 Å². The van der Waals surface area contributed by atoms with Gasteiger partial charge in [-0.2, -0.15) is 0 Å². The zero-order valence-electron chi connectivity index (χ0n) is 8.47. The van der Waals surface area contributed by atoms with E-state index in [-0.39, 0.29) is 0 Å². The first-order valence-electron chi connectivity index (χ1n) is 4.40. The van der Waals surface area contributed by atoms with Gasteiger partial charge < -0.3 is 4.55 Å². The van der Waals surface area contributed by atoms with Crippen molar-refractivity contribution in [2.45, 2.75) is 20.3 Å². The van der Waals surface area contributed by atoms with E-state index in [2.05, 4.69) is 49.3 Å². The van der Waals surface area contributed by atoms with Crippen LogP contribution in [0.4, 0.5) is 0 Å². The average Bonchev–Trinajstić information content (AvgIpc) is 2.03. The SMILES string of the molecule is CC(C)Cc1ccccc1.NS(=O)[O-]. The summed E-state index contributed by atoms with van der Waals surface area (Å²) in [5, 5.41) is 4.03. The molecule has 3 nitrogen and oxygen atoms in total. The summed E-state index contributed by atoms with van der Waals surface area (Å²) in [4.78, 5) is 0. The summed E-state index contributed by atoms with van der Waals surface area (Å²) in [6, 6.07) is 10.6. The lowest BCUT2D eigenvalue weighted by Gasteiger charge is -2.02. The Kier molecular flexibility index (Phi) is 7.28. The van der Waals surface area contributed by atoms with Gasteiger partial charge in [-0.25, -0.2) is 0 Å². The van der Waals surface area contributed by atoms with E-state index in [1.807, 2.05) is 0 Å². The lowest BCUT2D eigenvalue weighted by Crippen LogP contribution is -1.97. The molecule has 14 heavy (non-hydrogen) atoms. The van der Waals surface area contributed by atoms with Crippen LogP contribution in [0.15, 0.2) is 30.3 Å². The second kappa shape index (κ2) is 7.67. The van der Waals surface area contributed by atoms with Crippen LogP contribution in [0.3, 0.4) is 0 Å². The average molecular weight is 214 g/mol. The van der Waals surface area contributed by atoms with E-state index in [1.165, 1.54) is 12.0 Å². The molecule has 0 saturated carbocycles. The Morgan fingerprint density at radius 3 is 2.14 bits per heavy atom. The molecule has 1 atom stereocenters. The molecule has 0 amide bonds. The molecule has 0 bridgehead atoms. The van der Waals surface area contributed by atoms with Gasteiger partial charge in [-0.3, -0.25) is 9.35 Å². The maximum Gasteiger partial charge on any atom is 0.0152 e. The highest BCUT2D eigenvalue weighted by atomic mass is 32.2. The highest BCUT2D eigenvalue weighted by molar-refractivity contribution is 7.76. The Labute approximate surface area is 87.7 Å². The van der Waals surface area contributed by atoms with Crippen molar-refractivity contribution in [1.29, 1.82) is 0 Å². The molecule has 0 saturated heterocycles. The fraction of sp³-hybridized carbons (Fsp3) is 0.400. The van der Waals surface area contributed by atoms with Gasteiger partial charge in [0.15, 0.2) is 0 Å². The standard InChI is InChI=1S/C10H14.H3NO2S/c1-9(2)8-10-6-4-3-5-7-10;1-4(2)3/h3-7,9H,8H2,1-2H3;1H2,(H,2,3)/p-1. The van der Waals surface area contributed by atoms with Gasteiger partial charge in [-0.15, -0.1) is 0 Å². The van der Waals surface area contributed by atoms with Crippen molar-refractivity contribution < 1.29 is 8.76 Å². The van der Waals surface area contributed by atoms with Gasteiger partial charge in [0.2, 0.25) is 0 Å². The first kappa shape index (κ1) is 13.3. The molecule has 0 aliphatic heterocycles. The van der Waals surface area contributed by atoms with Gasteiger partial charge in [-0.1, -0.05) is 44.2 Å². The Bertz CT molecular complexity index is 258. The van der Waals surface area contributed by atoms with Gasteiger partial charge in [0.1, 0.15) is 0 Å². The van der Waals surface area contributed by atoms with Crippen LogP contribution in [-0.4, -0.2) is 8.76 Å². The van der Waals surface area contributed by atoms with Gasteiger partial charge >= 0.3 is 0 Å². The predicted octanol–water partition coefficient (Wildman–Crippen LogP) is 1.62. The molecule has 1 aromatic carbocycles. The van der Waals surface area contributed by atoms with E-state index in [9.17, 15) is 0 Å². The van der Waals surface area contributed by atoms with Crippen LogP contribution < -0.4 is 5.14 Å². The summed E-state index contributed by atoms with van der Waals surface area (Å²) in [5.74, 6) is 0.766. The molecule has 0 radical (unpaired) electrons. The molecule has 1 rings (SSSR count). The summed E-state index contributed by atoms with van der Waals surface area (Å²) < 4.78 is 17.6. The van der Waals surface area contributed by atoms with Crippen LogP contribution in [0.5, 0.6) is 0 Å². The molecule has 1 aromatic rings. The zero-order chi connectivity index (χ0) is 11.0. The lowest BCUT2D eigenvalue weighted by molar-refractivity contribution is 0.539. The minimum atomic E-state index is -2.36. The van der Waals surface area contributed by atoms with E-state index in [0.717, 1.165) is 5.92 Å². The van der Waals surface area contributed by atoms with Crippen LogP contribution in [0.2, 0.25) is 0 Å². The van der Waals surface area contributed by atoms with Gasteiger partial charge in [0.05, 0.1) is 0 Å². The van der Waals surface area contributed by atoms with E-state index in [4.69, 9.17) is 8.76 Å². The fourth-order valence-electron chi connectivity index (χ4n) is 1.09. The molecule has 1 unspecified atom stereocenters. The summed E-state index contributed by atoms with van der Waals surface area (Å²) in [6.07, 6.45) is 1.20. The van der Waals surface area contributed by atoms with Gasteiger partial charge in [0.25, 0.3) is 0 Å². The minimum absolute atomic E-state index is 0.766. The third-order valence-electron chi connectivity index (χ3n) is 1.49.